The number of unbranched alkanes of at least 4 members (excludes halogenated alkanes) is 1. The van der Waals surface area contributed by atoms with Gasteiger partial charge in [-0.1, -0.05) is 0 Å². The van der Waals surface area contributed by atoms with Crippen molar-refractivity contribution in [2.45, 2.75) is 38.0 Å². The van der Waals surface area contributed by atoms with Crippen molar-refractivity contribution in [3.05, 3.63) is 28.8 Å². The Hall–Kier alpha value is -1.93. The number of rotatable bonds is 8. The van der Waals surface area contributed by atoms with E-state index in [1.807, 2.05) is 0 Å². The Morgan fingerprint density at radius 1 is 1.16 bits per heavy atom. The van der Waals surface area contributed by atoms with Crippen molar-refractivity contribution >= 4 is 21.9 Å². The first kappa shape index (κ1) is 21.1. The minimum atomic E-state index is -3.63. The highest BCUT2D eigenvalue weighted by atomic mass is 32.2. The molecule has 0 fully saturated rings. The zero-order chi connectivity index (χ0) is 19.2. The fourth-order valence-corrected chi connectivity index (χ4v) is 3.44. The molecule has 1 N–H and O–H groups in total. The van der Waals surface area contributed by atoms with Crippen molar-refractivity contribution in [3.8, 4) is 0 Å². The van der Waals surface area contributed by atoms with E-state index in [9.17, 15) is 18.0 Å². The monoisotopic (exact) mass is 370 g/mol. The van der Waals surface area contributed by atoms with Gasteiger partial charge in [0.15, 0.2) is 0 Å². The SMILES string of the molecule is COC(=O)CCCCNC(=O)c1cc(C)c(C)c(S(=O)(=O)N(C)C)c1. The van der Waals surface area contributed by atoms with Crippen LogP contribution in [0.4, 0.5) is 0 Å². The van der Waals surface area contributed by atoms with E-state index < -0.39 is 10.0 Å². The first-order valence-corrected chi connectivity index (χ1v) is 9.44. The van der Waals surface area contributed by atoms with Crippen molar-refractivity contribution < 1.29 is 22.7 Å². The van der Waals surface area contributed by atoms with Gasteiger partial charge in [-0.05, 0) is 49.9 Å². The summed E-state index contributed by atoms with van der Waals surface area (Å²) in [6.45, 7) is 3.90. The van der Waals surface area contributed by atoms with Crippen molar-refractivity contribution in [1.29, 1.82) is 0 Å². The van der Waals surface area contributed by atoms with Crippen molar-refractivity contribution in [1.82, 2.24) is 9.62 Å². The summed E-state index contributed by atoms with van der Waals surface area (Å²) in [7, 11) is 0.624. The number of nitrogens with one attached hydrogen (secondary N) is 1. The Balaban J connectivity index is 2.84. The van der Waals surface area contributed by atoms with Gasteiger partial charge >= 0.3 is 5.97 Å². The molecule has 0 aromatic heterocycles. The first-order chi connectivity index (χ1) is 11.6. The average molecular weight is 370 g/mol. The lowest BCUT2D eigenvalue weighted by molar-refractivity contribution is -0.140. The van der Waals surface area contributed by atoms with Crippen molar-refractivity contribution in [2.75, 3.05) is 27.7 Å². The second-order valence-electron chi connectivity index (χ2n) is 5.99. The van der Waals surface area contributed by atoms with Gasteiger partial charge < -0.3 is 10.1 Å². The highest BCUT2D eigenvalue weighted by Gasteiger charge is 2.22. The third-order valence-corrected chi connectivity index (χ3v) is 5.90. The topological polar surface area (TPSA) is 92.8 Å². The fourth-order valence-electron chi connectivity index (χ4n) is 2.22. The maximum atomic E-state index is 12.4. The smallest absolute Gasteiger partial charge is 0.305 e. The summed E-state index contributed by atoms with van der Waals surface area (Å²) in [5.74, 6) is -0.615. The third kappa shape index (κ3) is 5.54. The number of aryl methyl sites for hydroxylation is 1. The summed E-state index contributed by atoms with van der Waals surface area (Å²) in [6.07, 6.45) is 1.55. The number of nitrogens with zero attached hydrogens (tertiary/aromatic N) is 1. The molecule has 0 aliphatic rings. The first-order valence-electron chi connectivity index (χ1n) is 8.00. The molecule has 7 nitrogen and oxygen atoms in total. The number of carbonyl (C=O) groups is 2. The molecule has 1 aromatic rings. The lowest BCUT2D eigenvalue weighted by Crippen LogP contribution is -2.27. The van der Waals surface area contributed by atoms with Crippen LogP contribution in [0.2, 0.25) is 0 Å². The van der Waals surface area contributed by atoms with E-state index in [-0.39, 0.29) is 16.8 Å². The Kier molecular flexibility index (Phi) is 7.57. The zero-order valence-corrected chi connectivity index (χ0v) is 16.2. The van der Waals surface area contributed by atoms with E-state index >= 15 is 0 Å². The number of carbonyl (C=O) groups excluding carboxylic acids is 2. The van der Waals surface area contributed by atoms with Crippen LogP contribution in [0.1, 0.15) is 40.7 Å². The maximum Gasteiger partial charge on any atom is 0.305 e. The Labute approximate surface area is 149 Å². The average Bonchev–Trinajstić information content (AvgIpc) is 2.55. The number of hydrogen-bond donors (Lipinski definition) is 1. The summed E-state index contributed by atoms with van der Waals surface area (Å²) in [5, 5.41) is 2.75. The van der Waals surface area contributed by atoms with E-state index in [0.29, 0.717) is 36.9 Å². The molecule has 1 rings (SSSR count). The minimum Gasteiger partial charge on any atom is -0.469 e. The standard InChI is InChI=1S/C17H26N2O5S/c1-12-10-14(11-15(13(12)2)25(22,23)19(3)4)17(21)18-9-7-6-8-16(20)24-5/h10-11H,6-9H2,1-5H3,(H,18,21). The summed E-state index contributed by atoms with van der Waals surface area (Å²) in [4.78, 5) is 23.4. The minimum absolute atomic E-state index is 0.133. The molecule has 0 saturated heterocycles. The molecule has 1 aromatic carbocycles. The molecule has 1 amide bonds. The number of hydrogen-bond acceptors (Lipinski definition) is 5. The highest BCUT2D eigenvalue weighted by Crippen LogP contribution is 2.23. The van der Waals surface area contributed by atoms with Crippen LogP contribution in [0.15, 0.2) is 17.0 Å². The normalized spacial score (nSPS) is 11.4. The fraction of sp³-hybridized carbons (Fsp3) is 0.529. The van der Waals surface area contributed by atoms with Gasteiger partial charge in [-0.25, -0.2) is 12.7 Å². The highest BCUT2D eigenvalue weighted by molar-refractivity contribution is 7.89. The van der Waals surface area contributed by atoms with Crippen molar-refractivity contribution in [2.24, 2.45) is 0 Å². The van der Waals surface area contributed by atoms with E-state index in [1.54, 1.807) is 19.9 Å². The lowest BCUT2D eigenvalue weighted by Gasteiger charge is -2.16. The van der Waals surface area contributed by atoms with E-state index in [2.05, 4.69) is 10.1 Å². The van der Waals surface area contributed by atoms with Crippen LogP contribution < -0.4 is 5.32 Å². The van der Waals surface area contributed by atoms with Crippen LogP contribution in [-0.4, -0.2) is 52.3 Å². The van der Waals surface area contributed by atoms with E-state index in [4.69, 9.17) is 0 Å². The Bertz CT molecular complexity index is 742. The molecule has 0 saturated carbocycles. The molecule has 25 heavy (non-hydrogen) atoms. The third-order valence-electron chi connectivity index (χ3n) is 3.96. The van der Waals surface area contributed by atoms with Gasteiger partial charge in [-0.3, -0.25) is 9.59 Å². The summed E-state index contributed by atoms with van der Waals surface area (Å²) in [6, 6.07) is 3.08. The van der Waals surface area contributed by atoms with Crippen LogP contribution in [0.25, 0.3) is 0 Å². The Morgan fingerprint density at radius 2 is 1.80 bits per heavy atom. The Morgan fingerprint density at radius 3 is 2.36 bits per heavy atom. The van der Waals surface area contributed by atoms with Gasteiger partial charge in [0.2, 0.25) is 10.0 Å². The molecule has 0 bridgehead atoms. The van der Waals surface area contributed by atoms with Gasteiger partial charge in [0.05, 0.1) is 12.0 Å². The summed E-state index contributed by atoms with van der Waals surface area (Å²) in [5.41, 5.74) is 1.67. The summed E-state index contributed by atoms with van der Waals surface area (Å²) >= 11 is 0. The van der Waals surface area contributed by atoms with Crippen LogP contribution >= 0.6 is 0 Å². The molecule has 0 heterocycles. The van der Waals surface area contributed by atoms with Crippen LogP contribution in [-0.2, 0) is 19.6 Å². The number of sulfonamides is 1. The predicted molar refractivity (Wildman–Crippen MR) is 95.0 cm³/mol. The number of methoxy groups -OCH3 is 1. The molecule has 0 spiro atoms. The second-order valence-corrected chi connectivity index (χ2v) is 8.11. The molecule has 8 heteroatoms. The van der Waals surface area contributed by atoms with Gasteiger partial charge in [0.25, 0.3) is 5.91 Å². The lowest BCUT2D eigenvalue weighted by atomic mass is 10.1. The molecule has 140 valence electrons. The number of benzene rings is 1. The largest absolute Gasteiger partial charge is 0.469 e. The predicted octanol–water partition coefficient (Wildman–Crippen LogP) is 1.63. The van der Waals surface area contributed by atoms with Crippen LogP contribution in [0, 0.1) is 13.8 Å². The molecule has 0 atom stereocenters. The molecule has 0 unspecified atom stereocenters. The maximum absolute atomic E-state index is 12.4. The number of amides is 1. The molecule has 0 radical (unpaired) electrons. The van der Waals surface area contributed by atoms with Crippen LogP contribution in [0.5, 0.6) is 0 Å². The van der Waals surface area contributed by atoms with E-state index in [1.165, 1.54) is 27.3 Å². The van der Waals surface area contributed by atoms with E-state index in [0.717, 1.165) is 9.87 Å². The van der Waals surface area contributed by atoms with Gasteiger partial charge in [0, 0.05) is 32.6 Å². The molecule has 0 aliphatic carbocycles. The number of esters is 1. The molecule has 0 aliphatic heterocycles. The van der Waals surface area contributed by atoms with Crippen molar-refractivity contribution in [3.63, 3.8) is 0 Å². The van der Waals surface area contributed by atoms with Gasteiger partial charge in [-0.15, -0.1) is 0 Å². The number of ether oxygens (including phenoxy) is 1. The summed E-state index contributed by atoms with van der Waals surface area (Å²) < 4.78 is 30.5. The van der Waals surface area contributed by atoms with Crippen LogP contribution in [0.3, 0.4) is 0 Å². The van der Waals surface area contributed by atoms with Gasteiger partial charge in [0.1, 0.15) is 0 Å². The van der Waals surface area contributed by atoms with Gasteiger partial charge in [-0.2, -0.15) is 0 Å². The molecular formula is C17H26N2O5S. The quantitative estimate of drug-likeness (QED) is 0.554. The molecular weight excluding hydrogens is 344 g/mol. The second kappa shape index (κ2) is 8.96. The zero-order valence-electron chi connectivity index (χ0n) is 15.4.